The van der Waals surface area contributed by atoms with Crippen LogP contribution >= 0.6 is 0 Å². The van der Waals surface area contributed by atoms with Crippen LogP contribution in [0.25, 0.3) is 0 Å². The standard InChI is InChI=1S/C19H29NO/c1-13(2)21-18-6-4-5-16(11-18)19(20-3)12-17-10-14-7-8-15(17)9-14/h4-6,11,13-15,17,19-20H,7-10,12H2,1-3H3. The highest BCUT2D eigenvalue weighted by molar-refractivity contribution is 5.31. The largest absolute Gasteiger partial charge is 0.491 e. The third-order valence-electron chi connectivity index (χ3n) is 5.40. The molecule has 0 heterocycles. The Morgan fingerprint density at radius 3 is 2.71 bits per heavy atom. The fourth-order valence-electron chi connectivity index (χ4n) is 4.47. The first kappa shape index (κ1) is 14.9. The van der Waals surface area contributed by atoms with Crippen molar-refractivity contribution in [3.63, 3.8) is 0 Å². The molecule has 0 saturated heterocycles. The molecule has 0 aliphatic heterocycles. The summed E-state index contributed by atoms with van der Waals surface area (Å²) < 4.78 is 5.84. The van der Waals surface area contributed by atoms with E-state index in [1.54, 1.807) is 0 Å². The van der Waals surface area contributed by atoms with Crippen LogP contribution in [-0.2, 0) is 0 Å². The van der Waals surface area contributed by atoms with Gasteiger partial charge in [0.15, 0.2) is 0 Å². The molecule has 2 aliphatic carbocycles. The molecule has 1 aromatic rings. The van der Waals surface area contributed by atoms with Crippen molar-refractivity contribution in [2.75, 3.05) is 7.05 Å². The fourth-order valence-corrected chi connectivity index (χ4v) is 4.47. The van der Waals surface area contributed by atoms with Crippen molar-refractivity contribution in [2.24, 2.45) is 17.8 Å². The molecule has 2 aliphatic rings. The van der Waals surface area contributed by atoms with Gasteiger partial charge in [0.2, 0.25) is 0 Å². The van der Waals surface area contributed by atoms with Gasteiger partial charge in [0.25, 0.3) is 0 Å². The normalized spacial score (nSPS) is 29.0. The maximum absolute atomic E-state index is 5.84. The van der Waals surface area contributed by atoms with E-state index in [0.29, 0.717) is 6.04 Å². The summed E-state index contributed by atoms with van der Waals surface area (Å²) >= 11 is 0. The third kappa shape index (κ3) is 3.42. The number of benzene rings is 1. The Labute approximate surface area is 129 Å². The molecule has 3 rings (SSSR count). The van der Waals surface area contributed by atoms with Crippen LogP contribution in [0.15, 0.2) is 24.3 Å². The number of hydrogen-bond donors (Lipinski definition) is 1. The average molecular weight is 287 g/mol. The highest BCUT2D eigenvalue weighted by atomic mass is 16.5. The molecule has 4 atom stereocenters. The molecule has 0 radical (unpaired) electrons. The molecule has 2 bridgehead atoms. The molecule has 0 amide bonds. The van der Waals surface area contributed by atoms with Gasteiger partial charge >= 0.3 is 0 Å². The lowest BCUT2D eigenvalue weighted by atomic mass is 9.83. The zero-order valence-corrected chi connectivity index (χ0v) is 13.6. The monoisotopic (exact) mass is 287 g/mol. The third-order valence-corrected chi connectivity index (χ3v) is 5.40. The molecule has 2 fully saturated rings. The molecule has 2 saturated carbocycles. The SMILES string of the molecule is CNC(CC1CC2CCC1C2)c1cccc(OC(C)C)c1. The zero-order valence-electron chi connectivity index (χ0n) is 13.6. The minimum atomic E-state index is 0.235. The smallest absolute Gasteiger partial charge is 0.120 e. The van der Waals surface area contributed by atoms with Gasteiger partial charge in [0.05, 0.1) is 6.10 Å². The highest BCUT2D eigenvalue weighted by Gasteiger charge is 2.40. The van der Waals surface area contributed by atoms with Gasteiger partial charge in [-0.1, -0.05) is 18.6 Å². The van der Waals surface area contributed by atoms with E-state index in [0.717, 1.165) is 23.5 Å². The van der Waals surface area contributed by atoms with Crippen molar-refractivity contribution < 1.29 is 4.74 Å². The van der Waals surface area contributed by atoms with Crippen LogP contribution in [0.5, 0.6) is 5.75 Å². The molecule has 1 aromatic carbocycles. The summed E-state index contributed by atoms with van der Waals surface area (Å²) in [4.78, 5) is 0. The van der Waals surface area contributed by atoms with Crippen molar-refractivity contribution >= 4 is 0 Å². The lowest BCUT2D eigenvalue weighted by Crippen LogP contribution is -2.22. The molecule has 21 heavy (non-hydrogen) atoms. The van der Waals surface area contributed by atoms with Gasteiger partial charge in [-0.25, -0.2) is 0 Å². The lowest BCUT2D eigenvalue weighted by Gasteiger charge is -2.27. The number of rotatable bonds is 6. The van der Waals surface area contributed by atoms with Crippen LogP contribution in [0.2, 0.25) is 0 Å². The quantitative estimate of drug-likeness (QED) is 0.828. The van der Waals surface area contributed by atoms with Crippen molar-refractivity contribution in [2.45, 2.75) is 58.1 Å². The Morgan fingerprint density at radius 1 is 1.24 bits per heavy atom. The van der Waals surface area contributed by atoms with Gasteiger partial charge in [-0.05, 0) is 82.0 Å². The Balaban J connectivity index is 1.68. The Kier molecular flexibility index (Phi) is 4.54. The molecule has 0 aromatic heterocycles. The lowest BCUT2D eigenvalue weighted by molar-refractivity contribution is 0.241. The average Bonchev–Trinajstić information content (AvgIpc) is 3.06. The molecule has 4 unspecified atom stereocenters. The maximum atomic E-state index is 5.84. The van der Waals surface area contributed by atoms with E-state index in [4.69, 9.17) is 4.74 Å². The molecule has 116 valence electrons. The van der Waals surface area contributed by atoms with E-state index < -0.39 is 0 Å². The second-order valence-corrected chi connectivity index (χ2v) is 7.25. The van der Waals surface area contributed by atoms with Crippen molar-refractivity contribution in [1.82, 2.24) is 5.32 Å². The Morgan fingerprint density at radius 2 is 2.10 bits per heavy atom. The second kappa shape index (κ2) is 6.39. The predicted molar refractivity (Wildman–Crippen MR) is 87.6 cm³/mol. The summed E-state index contributed by atoms with van der Waals surface area (Å²) in [6.07, 6.45) is 7.44. The van der Waals surface area contributed by atoms with E-state index in [1.165, 1.54) is 37.7 Å². The van der Waals surface area contributed by atoms with Gasteiger partial charge < -0.3 is 10.1 Å². The topological polar surface area (TPSA) is 21.3 Å². The van der Waals surface area contributed by atoms with Crippen molar-refractivity contribution in [1.29, 1.82) is 0 Å². The van der Waals surface area contributed by atoms with Crippen LogP contribution in [0.4, 0.5) is 0 Å². The zero-order chi connectivity index (χ0) is 14.8. The number of nitrogens with one attached hydrogen (secondary N) is 1. The van der Waals surface area contributed by atoms with E-state index in [1.807, 2.05) is 0 Å². The maximum Gasteiger partial charge on any atom is 0.120 e. The molecular weight excluding hydrogens is 258 g/mol. The van der Waals surface area contributed by atoms with Gasteiger partial charge in [-0.15, -0.1) is 0 Å². The van der Waals surface area contributed by atoms with Gasteiger partial charge in [-0.2, -0.15) is 0 Å². The Bertz CT molecular complexity index is 470. The Hall–Kier alpha value is -1.02. The molecule has 0 spiro atoms. The summed E-state index contributed by atoms with van der Waals surface area (Å²) in [5.41, 5.74) is 1.37. The summed E-state index contributed by atoms with van der Waals surface area (Å²) in [6.45, 7) is 4.16. The van der Waals surface area contributed by atoms with Crippen LogP contribution in [0.3, 0.4) is 0 Å². The minimum Gasteiger partial charge on any atom is -0.491 e. The first-order valence-electron chi connectivity index (χ1n) is 8.59. The molecule has 2 nitrogen and oxygen atoms in total. The van der Waals surface area contributed by atoms with E-state index in [-0.39, 0.29) is 6.10 Å². The predicted octanol–water partition coefficient (Wildman–Crippen LogP) is 4.56. The first-order chi connectivity index (χ1) is 10.2. The van der Waals surface area contributed by atoms with Crippen molar-refractivity contribution in [3.05, 3.63) is 29.8 Å². The van der Waals surface area contributed by atoms with Crippen LogP contribution < -0.4 is 10.1 Å². The number of fused-ring (bicyclic) bond motifs is 2. The van der Waals surface area contributed by atoms with Gasteiger partial charge in [0, 0.05) is 6.04 Å². The summed E-state index contributed by atoms with van der Waals surface area (Å²) in [5.74, 6) is 3.96. The highest BCUT2D eigenvalue weighted by Crippen LogP contribution is 2.50. The fraction of sp³-hybridized carbons (Fsp3) is 0.684. The van der Waals surface area contributed by atoms with E-state index >= 15 is 0 Å². The first-order valence-corrected chi connectivity index (χ1v) is 8.59. The molecule has 1 N–H and O–H groups in total. The van der Waals surface area contributed by atoms with Crippen molar-refractivity contribution in [3.8, 4) is 5.75 Å². The van der Waals surface area contributed by atoms with Crippen LogP contribution in [-0.4, -0.2) is 13.2 Å². The summed E-state index contributed by atoms with van der Waals surface area (Å²) in [6, 6.07) is 9.10. The second-order valence-electron chi connectivity index (χ2n) is 7.25. The van der Waals surface area contributed by atoms with E-state index in [2.05, 4.69) is 50.5 Å². The molecule has 2 heteroatoms. The molecular formula is C19H29NO. The van der Waals surface area contributed by atoms with Gasteiger partial charge in [-0.3, -0.25) is 0 Å². The van der Waals surface area contributed by atoms with E-state index in [9.17, 15) is 0 Å². The number of hydrogen-bond acceptors (Lipinski definition) is 2. The van der Waals surface area contributed by atoms with Gasteiger partial charge in [0.1, 0.15) is 5.75 Å². The minimum absolute atomic E-state index is 0.235. The summed E-state index contributed by atoms with van der Waals surface area (Å²) in [7, 11) is 2.09. The number of ether oxygens (including phenoxy) is 1. The van der Waals surface area contributed by atoms with Crippen LogP contribution in [0, 0.1) is 17.8 Å². The van der Waals surface area contributed by atoms with Crippen LogP contribution in [0.1, 0.15) is 57.6 Å². The summed E-state index contributed by atoms with van der Waals surface area (Å²) in [5, 5.41) is 3.53.